The number of hydrogen-bond acceptors (Lipinski definition) is 3. The molecule has 1 heterocycles. The topological polar surface area (TPSA) is 55.8 Å². The molecule has 16 heavy (non-hydrogen) atoms. The summed E-state index contributed by atoms with van der Waals surface area (Å²) in [6, 6.07) is 0.183. The lowest BCUT2D eigenvalue weighted by Crippen LogP contribution is -2.62. The zero-order valence-corrected chi connectivity index (χ0v) is 10.6. The van der Waals surface area contributed by atoms with Crippen molar-refractivity contribution >= 4 is 6.03 Å². The second kappa shape index (κ2) is 5.50. The van der Waals surface area contributed by atoms with E-state index in [4.69, 9.17) is 0 Å². The summed E-state index contributed by atoms with van der Waals surface area (Å²) in [5.74, 6) is 0.483. The SMILES string of the molecule is CC(C)C1CN(C(=O)N(C)C)C(CO)CN1. The smallest absolute Gasteiger partial charge is 0.319 e. The number of rotatable bonds is 2. The van der Waals surface area contributed by atoms with Gasteiger partial charge in [0.1, 0.15) is 0 Å². The molecule has 5 heteroatoms. The molecule has 0 aromatic heterocycles. The number of aliphatic hydroxyl groups excluding tert-OH is 1. The van der Waals surface area contributed by atoms with Crippen molar-refractivity contribution in [2.75, 3.05) is 33.8 Å². The van der Waals surface area contributed by atoms with E-state index in [1.54, 1.807) is 23.9 Å². The van der Waals surface area contributed by atoms with Gasteiger partial charge in [0.15, 0.2) is 0 Å². The van der Waals surface area contributed by atoms with Crippen molar-refractivity contribution in [3.63, 3.8) is 0 Å². The van der Waals surface area contributed by atoms with Gasteiger partial charge < -0.3 is 20.2 Å². The van der Waals surface area contributed by atoms with E-state index in [1.165, 1.54) is 0 Å². The molecule has 2 amide bonds. The van der Waals surface area contributed by atoms with Gasteiger partial charge in [-0.05, 0) is 5.92 Å². The molecule has 5 nitrogen and oxygen atoms in total. The number of hydrogen-bond donors (Lipinski definition) is 2. The van der Waals surface area contributed by atoms with Crippen LogP contribution >= 0.6 is 0 Å². The van der Waals surface area contributed by atoms with Crippen LogP contribution in [-0.2, 0) is 0 Å². The van der Waals surface area contributed by atoms with E-state index in [9.17, 15) is 9.90 Å². The molecule has 0 aliphatic carbocycles. The minimum Gasteiger partial charge on any atom is -0.394 e. The Morgan fingerprint density at radius 2 is 2.19 bits per heavy atom. The van der Waals surface area contributed by atoms with Gasteiger partial charge >= 0.3 is 6.03 Å². The minimum atomic E-state index is -0.107. The first kappa shape index (κ1) is 13.3. The summed E-state index contributed by atoms with van der Waals surface area (Å²) in [6.45, 7) is 5.61. The summed E-state index contributed by atoms with van der Waals surface area (Å²) >= 11 is 0. The highest BCUT2D eigenvalue weighted by molar-refractivity contribution is 5.74. The molecule has 2 unspecified atom stereocenters. The van der Waals surface area contributed by atoms with Crippen molar-refractivity contribution in [1.82, 2.24) is 15.1 Å². The molecule has 2 atom stereocenters. The Morgan fingerprint density at radius 3 is 2.62 bits per heavy atom. The predicted molar refractivity (Wildman–Crippen MR) is 63.3 cm³/mol. The summed E-state index contributed by atoms with van der Waals surface area (Å²) in [6.07, 6.45) is 0. The summed E-state index contributed by atoms with van der Waals surface area (Å²) in [5.41, 5.74) is 0. The average molecular weight is 229 g/mol. The quantitative estimate of drug-likeness (QED) is 0.698. The molecular weight excluding hydrogens is 206 g/mol. The van der Waals surface area contributed by atoms with Crippen molar-refractivity contribution in [2.24, 2.45) is 5.92 Å². The van der Waals surface area contributed by atoms with Crippen molar-refractivity contribution in [3.05, 3.63) is 0 Å². The molecule has 1 fully saturated rings. The molecule has 0 aromatic carbocycles. The van der Waals surface area contributed by atoms with Crippen LogP contribution in [0.2, 0.25) is 0 Å². The molecule has 1 aliphatic heterocycles. The third-order valence-corrected chi connectivity index (χ3v) is 3.09. The van der Waals surface area contributed by atoms with Crippen LogP contribution < -0.4 is 5.32 Å². The van der Waals surface area contributed by atoms with Crippen LogP contribution in [0.15, 0.2) is 0 Å². The van der Waals surface area contributed by atoms with Gasteiger partial charge in [0.25, 0.3) is 0 Å². The van der Waals surface area contributed by atoms with Crippen molar-refractivity contribution < 1.29 is 9.90 Å². The van der Waals surface area contributed by atoms with E-state index in [1.807, 2.05) is 0 Å². The van der Waals surface area contributed by atoms with Crippen LogP contribution in [0.4, 0.5) is 4.79 Å². The van der Waals surface area contributed by atoms with Crippen molar-refractivity contribution in [2.45, 2.75) is 25.9 Å². The number of carbonyl (C=O) groups is 1. The van der Waals surface area contributed by atoms with Gasteiger partial charge in [0.2, 0.25) is 0 Å². The fourth-order valence-electron chi connectivity index (χ4n) is 1.92. The van der Waals surface area contributed by atoms with Crippen LogP contribution in [-0.4, -0.2) is 66.8 Å². The summed E-state index contributed by atoms with van der Waals surface area (Å²) in [7, 11) is 3.48. The van der Waals surface area contributed by atoms with Gasteiger partial charge in [-0.15, -0.1) is 0 Å². The van der Waals surface area contributed by atoms with Gasteiger partial charge in [-0.3, -0.25) is 0 Å². The first-order valence-corrected chi connectivity index (χ1v) is 5.79. The van der Waals surface area contributed by atoms with Gasteiger partial charge in [0.05, 0.1) is 12.6 Å². The zero-order valence-electron chi connectivity index (χ0n) is 10.6. The summed E-state index contributed by atoms with van der Waals surface area (Å²) in [4.78, 5) is 15.3. The highest BCUT2D eigenvalue weighted by Gasteiger charge is 2.32. The standard InChI is InChI=1S/C11H23N3O2/c1-8(2)10-6-14(11(16)13(3)4)9(7-15)5-12-10/h8-10,12,15H,5-7H2,1-4H3. The number of piperazine rings is 1. The number of nitrogens with one attached hydrogen (secondary N) is 1. The number of urea groups is 1. The Hall–Kier alpha value is -0.810. The molecule has 1 aliphatic rings. The maximum absolute atomic E-state index is 11.9. The average Bonchev–Trinajstić information content (AvgIpc) is 2.26. The van der Waals surface area contributed by atoms with Gasteiger partial charge in [-0.1, -0.05) is 13.8 Å². The third-order valence-electron chi connectivity index (χ3n) is 3.09. The molecule has 0 bridgehead atoms. The minimum absolute atomic E-state index is 0.0113. The van der Waals surface area contributed by atoms with Gasteiger partial charge in [-0.2, -0.15) is 0 Å². The largest absolute Gasteiger partial charge is 0.394 e. The van der Waals surface area contributed by atoms with Crippen LogP contribution in [0.3, 0.4) is 0 Å². The molecule has 1 saturated heterocycles. The van der Waals surface area contributed by atoms with E-state index in [0.717, 1.165) is 0 Å². The lowest BCUT2D eigenvalue weighted by molar-refractivity contribution is 0.0784. The van der Waals surface area contributed by atoms with Crippen LogP contribution in [0.1, 0.15) is 13.8 Å². The molecule has 94 valence electrons. The van der Waals surface area contributed by atoms with E-state index < -0.39 is 0 Å². The molecule has 0 aromatic rings. The van der Waals surface area contributed by atoms with E-state index >= 15 is 0 Å². The number of carbonyl (C=O) groups excluding carboxylic acids is 1. The summed E-state index contributed by atoms with van der Waals surface area (Å²) < 4.78 is 0. The number of amides is 2. The Morgan fingerprint density at radius 1 is 1.56 bits per heavy atom. The first-order chi connectivity index (χ1) is 7.47. The first-order valence-electron chi connectivity index (χ1n) is 5.79. The summed E-state index contributed by atoms with van der Waals surface area (Å²) in [5, 5.41) is 12.6. The zero-order chi connectivity index (χ0) is 12.3. The second-order valence-corrected chi connectivity index (χ2v) is 4.92. The normalized spacial score (nSPS) is 26.0. The number of aliphatic hydroxyl groups is 1. The maximum Gasteiger partial charge on any atom is 0.319 e. The maximum atomic E-state index is 11.9. The molecule has 1 rings (SSSR count). The van der Waals surface area contributed by atoms with E-state index in [2.05, 4.69) is 19.2 Å². The van der Waals surface area contributed by atoms with E-state index in [-0.39, 0.29) is 18.7 Å². The molecule has 0 spiro atoms. The molecular formula is C11H23N3O2. The second-order valence-electron chi connectivity index (χ2n) is 4.92. The van der Waals surface area contributed by atoms with E-state index in [0.29, 0.717) is 25.0 Å². The van der Waals surface area contributed by atoms with Crippen LogP contribution in [0.5, 0.6) is 0 Å². The monoisotopic (exact) mass is 229 g/mol. The predicted octanol–water partition coefficient (Wildman–Crippen LogP) is -0.0413. The number of nitrogens with zero attached hydrogens (tertiary/aromatic N) is 2. The highest BCUT2D eigenvalue weighted by atomic mass is 16.3. The van der Waals surface area contributed by atoms with Crippen LogP contribution in [0.25, 0.3) is 0 Å². The lowest BCUT2D eigenvalue weighted by Gasteiger charge is -2.42. The Bertz CT molecular complexity index is 243. The molecule has 2 N–H and O–H groups in total. The Balaban J connectivity index is 2.71. The van der Waals surface area contributed by atoms with Gasteiger partial charge in [0, 0.05) is 33.2 Å². The fourth-order valence-corrected chi connectivity index (χ4v) is 1.92. The van der Waals surface area contributed by atoms with Gasteiger partial charge in [-0.25, -0.2) is 4.79 Å². The highest BCUT2D eigenvalue weighted by Crippen LogP contribution is 2.14. The molecule has 0 radical (unpaired) electrons. The van der Waals surface area contributed by atoms with Crippen molar-refractivity contribution in [3.8, 4) is 0 Å². The fraction of sp³-hybridized carbons (Fsp3) is 0.909. The Labute approximate surface area is 97.4 Å². The third kappa shape index (κ3) is 2.86. The lowest BCUT2D eigenvalue weighted by atomic mass is 10.00. The Kier molecular flexibility index (Phi) is 4.56. The van der Waals surface area contributed by atoms with Crippen LogP contribution in [0, 0.1) is 5.92 Å². The molecule has 0 saturated carbocycles. The van der Waals surface area contributed by atoms with Crippen molar-refractivity contribution in [1.29, 1.82) is 0 Å².